The fourth-order valence-corrected chi connectivity index (χ4v) is 2.11. The normalized spacial score (nSPS) is 10.9. The molecule has 1 aromatic heterocycles. The molecule has 0 atom stereocenters. The average Bonchev–Trinajstić information content (AvgIpc) is 2.50. The molecule has 1 heterocycles. The van der Waals surface area contributed by atoms with Crippen molar-refractivity contribution >= 4 is 22.5 Å². The summed E-state index contributed by atoms with van der Waals surface area (Å²) >= 11 is 6.31. The lowest BCUT2D eigenvalue weighted by Gasteiger charge is -2.11. The molecule has 0 radical (unpaired) electrons. The number of hydrogen-bond acceptors (Lipinski definition) is 6. The maximum atomic E-state index is 10.1. The van der Waals surface area contributed by atoms with Gasteiger partial charge in [-0.3, -0.25) is 0 Å². The van der Waals surface area contributed by atoms with Crippen LogP contribution in [0, 0.1) is 0 Å². The lowest BCUT2D eigenvalue weighted by molar-refractivity contribution is 0.143. The Labute approximate surface area is 133 Å². The largest absolute Gasteiger partial charge is 0.507 e. The SMILES string of the molecule is COCCOc1cc(O)c2ccc(OCCOC)c(Cl)c2n1. The number of hydrogen-bond donors (Lipinski definition) is 1. The zero-order chi connectivity index (χ0) is 15.9. The first kappa shape index (κ1) is 16.6. The van der Waals surface area contributed by atoms with Crippen molar-refractivity contribution in [2.45, 2.75) is 0 Å². The summed E-state index contributed by atoms with van der Waals surface area (Å²) in [6.45, 7) is 1.58. The van der Waals surface area contributed by atoms with Gasteiger partial charge in [0, 0.05) is 25.7 Å². The van der Waals surface area contributed by atoms with E-state index in [0.717, 1.165) is 0 Å². The highest BCUT2D eigenvalue weighted by atomic mass is 35.5. The molecule has 6 nitrogen and oxygen atoms in total. The first-order chi connectivity index (χ1) is 10.7. The number of rotatable bonds is 8. The molecule has 1 N–H and O–H groups in total. The molecule has 1 aromatic carbocycles. The fourth-order valence-electron chi connectivity index (χ4n) is 1.85. The number of aromatic nitrogens is 1. The molecule has 0 fully saturated rings. The van der Waals surface area contributed by atoms with Crippen LogP contribution in [0.3, 0.4) is 0 Å². The minimum absolute atomic E-state index is 0.0442. The Morgan fingerprint density at radius 2 is 1.73 bits per heavy atom. The summed E-state index contributed by atoms with van der Waals surface area (Å²) in [6.07, 6.45) is 0. The summed E-state index contributed by atoms with van der Waals surface area (Å²) < 4.78 is 20.8. The highest BCUT2D eigenvalue weighted by Gasteiger charge is 2.13. The van der Waals surface area contributed by atoms with Gasteiger partial charge in [-0.2, -0.15) is 0 Å². The molecule has 0 bridgehead atoms. The lowest BCUT2D eigenvalue weighted by Crippen LogP contribution is -2.06. The van der Waals surface area contributed by atoms with Crippen LogP contribution in [0.15, 0.2) is 18.2 Å². The van der Waals surface area contributed by atoms with Crippen LogP contribution in [0.4, 0.5) is 0 Å². The van der Waals surface area contributed by atoms with Gasteiger partial charge in [0.2, 0.25) is 5.88 Å². The first-order valence-electron chi connectivity index (χ1n) is 6.73. The van der Waals surface area contributed by atoms with Gasteiger partial charge in [-0.05, 0) is 12.1 Å². The van der Waals surface area contributed by atoms with Crippen LogP contribution in [0.25, 0.3) is 10.9 Å². The van der Waals surface area contributed by atoms with Crippen LogP contribution in [0.2, 0.25) is 5.02 Å². The number of nitrogens with zero attached hydrogens (tertiary/aromatic N) is 1. The third-order valence-electron chi connectivity index (χ3n) is 2.92. The number of halogens is 1. The molecule has 0 spiro atoms. The van der Waals surface area contributed by atoms with Crippen LogP contribution in [0.1, 0.15) is 0 Å². The van der Waals surface area contributed by atoms with Gasteiger partial charge in [0.1, 0.15) is 35.3 Å². The third-order valence-corrected chi connectivity index (χ3v) is 3.29. The van der Waals surface area contributed by atoms with Crippen molar-refractivity contribution in [2.75, 3.05) is 40.6 Å². The zero-order valence-electron chi connectivity index (χ0n) is 12.5. The summed E-state index contributed by atoms with van der Waals surface area (Å²) in [4.78, 5) is 4.32. The second-order valence-corrected chi connectivity index (χ2v) is 4.81. The maximum Gasteiger partial charge on any atom is 0.217 e. The smallest absolute Gasteiger partial charge is 0.217 e. The van der Waals surface area contributed by atoms with Crippen molar-refractivity contribution in [1.29, 1.82) is 0 Å². The Kier molecular flexibility index (Phi) is 6.06. The van der Waals surface area contributed by atoms with Crippen LogP contribution in [-0.4, -0.2) is 50.7 Å². The number of pyridine rings is 1. The lowest BCUT2D eigenvalue weighted by atomic mass is 10.2. The zero-order valence-corrected chi connectivity index (χ0v) is 13.2. The van der Waals surface area contributed by atoms with E-state index >= 15 is 0 Å². The van der Waals surface area contributed by atoms with Crippen LogP contribution in [0.5, 0.6) is 17.4 Å². The summed E-state index contributed by atoms with van der Waals surface area (Å²) in [5.41, 5.74) is 0.420. The highest BCUT2D eigenvalue weighted by Crippen LogP contribution is 2.37. The molecule has 120 valence electrons. The van der Waals surface area contributed by atoms with E-state index in [9.17, 15) is 5.11 Å². The van der Waals surface area contributed by atoms with E-state index in [4.69, 9.17) is 30.5 Å². The van der Waals surface area contributed by atoms with Crippen molar-refractivity contribution in [3.63, 3.8) is 0 Å². The van der Waals surface area contributed by atoms with Gasteiger partial charge in [-0.25, -0.2) is 4.98 Å². The molecule has 0 aliphatic rings. The number of ether oxygens (including phenoxy) is 4. The second kappa shape index (κ2) is 8.03. The molecule has 0 saturated carbocycles. The number of methoxy groups -OCH3 is 2. The molecule has 2 rings (SSSR count). The Bertz CT molecular complexity index is 635. The van der Waals surface area contributed by atoms with Crippen molar-refractivity contribution in [3.05, 3.63) is 23.2 Å². The monoisotopic (exact) mass is 327 g/mol. The summed E-state index contributed by atoms with van der Waals surface area (Å²) in [5.74, 6) is 0.799. The maximum absolute atomic E-state index is 10.1. The Balaban J connectivity index is 2.30. The molecule has 0 unspecified atom stereocenters. The Morgan fingerprint density at radius 3 is 2.41 bits per heavy atom. The quantitative estimate of drug-likeness (QED) is 0.752. The first-order valence-corrected chi connectivity index (χ1v) is 7.11. The van der Waals surface area contributed by atoms with Crippen LogP contribution >= 0.6 is 11.6 Å². The van der Waals surface area contributed by atoms with Crippen LogP contribution < -0.4 is 9.47 Å². The Hall–Kier alpha value is -1.76. The van der Waals surface area contributed by atoms with E-state index in [1.807, 2.05) is 0 Å². The number of benzene rings is 1. The molecule has 0 aliphatic carbocycles. The topological polar surface area (TPSA) is 70.0 Å². The molecule has 22 heavy (non-hydrogen) atoms. The van der Waals surface area contributed by atoms with Gasteiger partial charge in [-0.15, -0.1) is 0 Å². The predicted molar refractivity (Wildman–Crippen MR) is 83.2 cm³/mol. The predicted octanol–water partition coefficient (Wildman–Crippen LogP) is 2.64. The number of aromatic hydroxyl groups is 1. The van der Waals surface area contributed by atoms with Gasteiger partial charge >= 0.3 is 0 Å². The van der Waals surface area contributed by atoms with Crippen molar-refractivity contribution < 1.29 is 24.1 Å². The summed E-state index contributed by atoms with van der Waals surface area (Å²) in [6, 6.07) is 4.83. The molecule has 0 saturated heterocycles. The third kappa shape index (κ3) is 3.91. The Morgan fingerprint density at radius 1 is 1.05 bits per heavy atom. The minimum Gasteiger partial charge on any atom is -0.507 e. The van der Waals surface area contributed by atoms with Gasteiger partial charge < -0.3 is 24.1 Å². The van der Waals surface area contributed by atoms with Gasteiger partial charge in [0.15, 0.2) is 0 Å². The standard InChI is InChI=1S/C15H18ClNO5/c1-19-5-7-21-12-4-3-10-11(18)9-13(22-8-6-20-2)17-15(10)14(12)16/h3-4,9H,5-8H2,1-2H3,(H,17,18). The fraction of sp³-hybridized carbons (Fsp3) is 0.400. The van der Waals surface area contributed by atoms with E-state index in [-0.39, 0.29) is 11.6 Å². The van der Waals surface area contributed by atoms with Crippen LogP contribution in [-0.2, 0) is 9.47 Å². The van der Waals surface area contributed by atoms with Crippen molar-refractivity contribution in [3.8, 4) is 17.4 Å². The molecule has 2 aromatic rings. The molecule has 0 amide bonds. The molecular weight excluding hydrogens is 310 g/mol. The van der Waals surface area contributed by atoms with Crippen molar-refractivity contribution in [1.82, 2.24) is 4.98 Å². The number of fused-ring (bicyclic) bond motifs is 1. The summed E-state index contributed by atoms with van der Waals surface area (Å²) in [7, 11) is 3.17. The van der Waals surface area contributed by atoms with E-state index < -0.39 is 0 Å². The second-order valence-electron chi connectivity index (χ2n) is 4.44. The van der Waals surface area contributed by atoms with E-state index in [0.29, 0.717) is 48.1 Å². The summed E-state index contributed by atoms with van der Waals surface area (Å²) in [5, 5.41) is 10.9. The highest BCUT2D eigenvalue weighted by molar-refractivity contribution is 6.36. The molecular formula is C15H18ClNO5. The molecule has 7 heteroatoms. The van der Waals surface area contributed by atoms with Gasteiger partial charge in [0.25, 0.3) is 0 Å². The van der Waals surface area contributed by atoms with Crippen molar-refractivity contribution in [2.24, 2.45) is 0 Å². The minimum atomic E-state index is 0.0442. The molecule has 0 aliphatic heterocycles. The van der Waals surface area contributed by atoms with E-state index in [2.05, 4.69) is 4.98 Å². The van der Waals surface area contributed by atoms with Gasteiger partial charge in [0.05, 0.1) is 13.2 Å². The average molecular weight is 328 g/mol. The van der Waals surface area contributed by atoms with E-state index in [1.165, 1.54) is 6.07 Å². The van der Waals surface area contributed by atoms with E-state index in [1.54, 1.807) is 26.4 Å². The van der Waals surface area contributed by atoms with Gasteiger partial charge in [-0.1, -0.05) is 11.6 Å².